The van der Waals surface area contributed by atoms with Crippen LogP contribution in [0.2, 0.25) is 0 Å². The number of nitrogens with zero attached hydrogens (tertiary/aromatic N) is 1. The molecule has 2 heterocycles. The van der Waals surface area contributed by atoms with Crippen molar-refractivity contribution in [2.24, 2.45) is 5.41 Å². The average molecular weight is 276 g/mol. The molecule has 1 aromatic rings. The van der Waals surface area contributed by atoms with Gasteiger partial charge in [-0.3, -0.25) is 4.90 Å². The second kappa shape index (κ2) is 5.62. The van der Waals surface area contributed by atoms with Gasteiger partial charge in [0.1, 0.15) is 11.5 Å². The Morgan fingerprint density at radius 1 is 1.15 bits per heavy atom. The summed E-state index contributed by atoms with van der Waals surface area (Å²) < 4.78 is 10.7. The highest BCUT2D eigenvalue weighted by Crippen LogP contribution is 2.37. The molecule has 0 aliphatic carbocycles. The van der Waals surface area contributed by atoms with Crippen LogP contribution in [0, 0.1) is 5.41 Å². The van der Waals surface area contributed by atoms with Crippen molar-refractivity contribution >= 4 is 0 Å². The van der Waals surface area contributed by atoms with Crippen molar-refractivity contribution in [2.75, 3.05) is 40.4 Å². The van der Waals surface area contributed by atoms with Gasteiger partial charge in [-0.15, -0.1) is 0 Å². The molecule has 0 saturated carbocycles. The lowest BCUT2D eigenvalue weighted by Gasteiger charge is -2.23. The summed E-state index contributed by atoms with van der Waals surface area (Å²) in [6, 6.07) is 6.15. The van der Waals surface area contributed by atoms with Crippen LogP contribution in [0.3, 0.4) is 0 Å². The molecule has 2 aliphatic rings. The summed E-state index contributed by atoms with van der Waals surface area (Å²) in [7, 11) is 3.40. The van der Waals surface area contributed by atoms with Crippen LogP contribution in [0.4, 0.5) is 0 Å². The highest BCUT2D eigenvalue weighted by Gasteiger charge is 2.40. The van der Waals surface area contributed by atoms with Crippen LogP contribution in [0.1, 0.15) is 18.4 Å². The molecule has 4 heteroatoms. The highest BCUT2D eigenvalue weighted by atomic mass is 16.5. The zero-order valence-electron chi connectivity index (χ0n) is 12.4. The van der Waals surface area contributed by atoms with Crippen LogP contribution in [-0.2, 0) is 6.54 Å². The Hall–Kier alpha value is -1.26. The van der Waals surface area contributed by atoms with Gasteiger partial charge in [0.25, 0.3) is 0 Å². The Labute approximate surface area is 121 Å². The van der Waals surface area contributed by atoms with Gasteiger partial charge >= 0.3 is 0 Å². The van der Waals surface area contributed by atoms with Gasteiger partial charge in [-0.05, 0) is 49.0 Å². The minimum absolute atomic E-state index is 0.531. The molecule has 1 unspecified atom stereocenters. The van der Waals surface area contributed by atoms with Crippen molar-refractivity contribution in [3.05, 3.63) is 23.8 Å². The Balaban J connectivity index is 1.69. The first-order chi connectivity index (χ1) is 9.73. The molecule has 0 amide bonds. The molecule has 110 valence electrons. The minimum atomic E-state index is 0.531. The maximum Gasteiger partial charge on any atom is 0.122 e. The predicted octanol–water partition coefficient (Wildman–Crippen LogP) is 1.89. The molecule has 1 atom stereocenters. The number of benzene rings is 1. The second-order valence-electron chi connectivity index (χ2n) is 6.11. The van der Waals surface area contributed by atoms with Crippen LogP contribution in [-0.4, -0.2) is 45.3 Å². The number of nitrogens with one attached hydrogen (secondary N) is 1. The van der Waals surface area contributed by atoms with E-state index >= 15 is 0 Å². The summed E-state index contributed by atoms with van der Waals surface area (Å²) >= 11 is 0. The van der Waals surface area contributed by atoms with Gasteiger partial charge in [0, 0.05) is 25.7 Å². The Morgan fingerprint density at radius 3 is 2.50 bits per heavy atom. The molecule has 1 aromatic carbocycles. The van der Waals surface area contributed by atoms with Crippen molar-refractivity contribution in [2.45, 2.75) is 19.4 Å². The summed E-state index contributed by atoms with van der Waals surface area (Å²) in [5, 5.41) is 3.51. The summed E-state index contributed by atoms with van der Waals surface area (Å²) in [4.78, 5) is 2.56. The van der Waals surface area contributed by atoms with Crippen molar-refractivity contribution in [3.63, 3.8) is 0 Å². The molecule has 2 fully saturated rings. The number of likely N-dealkylation sites (tertiary alicyclic amines) is 1. The summed E-state index contributed by atoms with van der Waals surface area (Å²) in [6.45, 7) is 5.75. The summed E-state index contributed by atoms with van der Waals surface area (Å²) in [5.41, 5.74) is 1.80. The maximum atomic E-state index is 5.35. The van der Waals surface area contributed by atoms with E-state index in [0.717, 1.165) is 18.0 Å². The molecule has 1 spiro atoms. The zero-order chi connectivity index (χ0) is 14.0. The lowest BCUT2D eigenvalue weighted by molar-refractivity contribution is 0.268. The molecule has 0 radical (unpaired) electrons. The molecule has 2 aliphatic heterocycles. The first-order valence-corrected chi connectivity index (χ1v) is 7.38. The third kappa shape index (κ3) is 2.76. The smallest absolute Gasteiger partial charge is 0.122 e. The van der Waals surface area contributed by atoms with Gasteiger partial charge in [-0.25, -0.2) is 0 Å². The number of rotatable bonds is 4. The lowest BCUT2D eigenvalue weighted by Crippen LogP contribution is -2.28. The van der Waals surface area contributed by atoms with E-state index in [-0.39, 0.29) is 0 Å². The van der Waals surface area contributed by atoms with Gasteiger partial charge in [-0.1, -0.05) is 0 Å². The Bertz CT molecular complexity index is 447. The van der Waals surface area contributed by atoms with Gasteiger partial charge in [-0.2, -0.15) is 0 Å². The van der Waals surface area contributed by atoms with E-state index in [9.17, 15) is 0 Å². The van der Waals surface area contributed by atoms with E-state index in [1.54, 1.807) is 14.2 Å². The number of hydrogen-bond acceptors (Lipinski definition) is 4. The lowest BCUT2D eigenvalue weighted by atomic mass is 9.86. The van der Waals surface area contributed by atoms with E-state index < -0.39 is 0 Å². The molecule has 0 bridgehead atoms. The Morgan fingerprint density at radius 2 is 1.90 bits per heavy atom. The predicted molar refractivity (Wildman–Crippen MR) is 79.4 cm³/mol. The number of methoxy groups -OCH3 is 2. The van der Waals surface area contributed by atoms with Crippen LogP contribution < -0.4 is 14.8 Å². The van der Waals surface area contributed by atoms with Crippen LogP contribution in [0.5, 0.6) is 11.5 Å². The maximum absolute atomic E-state index is 5.35. The van der Waals surface area contributed by atoms with E-state index in [1.165, 1.54) is 44.6 Å². The summed E-state index contributed by atoms with van der Waals surface area (Å²) in [6.07, 6.45) is 2.64. The van der Waals surface area contributed by atoms with E-state index in [1.807, 2.05) is 6.07 Å². The van der Waals surface area contributed by atoms with E-state index in [0.29, 0.717) is 5.41 Å². The fourth-order valence-electron chi connectivity index (χ4n) is 3.52. The molecule has 0 aromatic heterocycles. The average Bonchev–Trinajstić information content (AvgIpc) is 3.09. The van der Waals surface area contributed by atoms with Crippen LogP contribution >= 0.6 is 0 Å². The number of hydrogen-bond donors (Lipinski definition) is 1. The topological polar surface area (TPSA) is 33.7 Å². The molecular weight excluding hydrogens is 252 g/mol. The number of ether oxygens (including phenoxy) is 2. The fraction of sp³-hybridized carbons (Fsp3) is 0.625. The molecule has 2 saturated heterocycles. The van der Waals surface area contributed by atoms with Crippen molar-refractivity contribution < 1.29 is 9.47 Å². The van der Waals surface area contributed by atoms with Crippen LogP contribution in [0.25, 0.3) is 0 Å². The largest absolute Gasteiger partial charge is 0.497 e. The SMILES string of the molecule is COc1cc(CN2CCC3(CCNC3)C2)cc(OC)c1. The van der Waals surface area contributed by atoms with Gasteiger partial charge < -0.3 is 14.8 Å². The summed E-state index contributed by atoms with van der Waals surface area (Å²) in [5.74, 6) is 1.74. The van der Waals surface area contributed by atoms with Gasteiger partial charge in [0.15, 0.2) is 0 Å². The molecule has 20 heavy (non-hydrogen) atoms. The van der Waals surface area contributed by atoms with E-state index in [4.69, 9.17) is 9.47 Å². The molecule has 4 nitrogen and oxygen atoms in total. The van der Waals surface area contributed by atoms with E-state index in [2.05, 4.69) is 22.3 Å². The third-order valence-electron chi connectivity index (χ3n) is 4.67. The normalized spacial score (nSPS) is 26.3. The second-order valence-corrected chi connectivity index (χ2v) is 6.11. The molecule has 3 rings (SSSR count). The molecular formula is C16H24N2O2. The van der Waals surface area contributed by atoms with Gasteiger partial charge in [0.05, 0.1) is 14.2 Å². The van der Waals surface area contributed by atoms with Crippen molar-refractivity contribution in [1.82, 2.24) is 10.2 Å². The third-order valence-corrected chi connectivity index (χ3v) is 4.67. The quantitative estimate of drug-likeness (QED) is 0.910. The van der Waals surface area contributed by atoms with Crippen molar-refractivity contribution in [1.29, 1.82) is 0 Å². The fourth-order valence-corrected chi connectivity index (χ4v) is 3.52. The van der Waals surface area contributed by atoms with Crippen LogP contribution in [0.15, 0.2) is 18.2 Å². The minimum Gasteiger partial charge on any atom is -0.497 e. The molecule has 1 N–H and O–H groups in total. The first kappa shape index (κ1) is 13.7. The first-order valence-electron chi connectivity index (χ1n) is 7.38. The van der Waals surface area contributed by atoms with Gasteiger partial charge in [0.2, 0.25) is 0 Å². The monoisotopic (exact) mass is 276 g/mol. The standard InChI is InChI=1S/C16H24N2O2/c1-19-14-7-13(8-15(9-14)20-2)10-18-6-4-16(12-18)3-5-17-11-16/h7-9,17H,3-6,10-12H2,1-2H3. The zero-order valence-corrected chi connectivity index (χ0v) is 12.4. The highest BCUT2D eigenvalue weighted by molar-refractivity contribution is 5.38. The Kier molecular flexibility index (Phi) is 3.85. The van der Waals surface area contributed by atoms with Crippen molar-refractivity contribution in [3.8, 4) is 11.5 Å².